The van der Waals surface area contributed by atoms with E-state index < -0.39 is 0 Å². The molecular formula is C15H14Cl3N3. The first kappa shape index (κ1) is 16.0. The molecule has 0 heterocycles. The second-order valence-electron chi connectivity index (χ2n) is 4.53. The van der Waals surface area contributed by atoms with Crippen LogP contribution in [-0.4, -0.2) is 25.0 Å². The third-order valence-corrected chi connectivity index (χ3v) is 3.54. The van der Waals surface area contributed by atoms with Gasteiger partial charge in [0.05, 0.1) is 10.0 Å². The molecule has 0 saturated heterocycles. The van der Waals surface area contributed by atoms with Gasteiger partial charge in [0, 0.05) is 24.8 Å². The first-order valence-electron chi connectivity index (χ1n) is 6.20. The summed E-state index contributed by atoms with van der Waals surface area (Å²) in [5.41, 5.74) is 1.40. The van der Waals surface area contributed by atoms with E-state index in [4.69, 9.17) is 34.8 Å². The van der Waals surface area contributed by atoms with Crippen LogP contribution in [0.2, 0.25) is 15.1 Å². The lowest BCUT2D eigenvalue weighted by Crippen LogP contribution is -2.29. The van der Waals surface area contributed by atoms with Crippen LogP contribution in [0.5, 0.6) is 0 Å². The molecule has 0 unspecified atom stereocenters. The Balaban J connectivity index is 2.35. The van der Waals surface area contributed by atoms with Gasteiger partial charge in [-0.3, -0.25) is 0 Å². The van der Waals surface area contributed by atoms with Gasteiger partial charge in [-0.15, -0.1) is 0 Å². The zero-order valence-electron chi connectivity index (χ0n) is 11.6. The normalized spacial score (nSPS) is 11.4. The van der Waals surface area contributed by atoms with Crippen LogP contribution in [0.15, 0.2) is 47.5 Å². The Morgan fingerprint density at radius 3 is 2.05 bits per heavy atom. The zero-order chi connectivity index (χ0) is 15.4. The minimum absolute atomic E-state index is 0.500. The monoisotopic (exact) mass is 341 g/mol. The van der Waals surface area contributed by atoms with Crippen molar-refractivity contribution in [3.63, 3.8) is 0 Å². The molecule has 3 nitrogen and oxygen atoms in total. The highest BCUT2D eigenvalue weighted by atomic mass is 35.5. The van der Waals surface area contributed by atoms with E-state index in [9.17, 15) is 0 Å². The molecule has 0 atom stereocenters. The van der Waals surface area contributed by atoms with Crippen LogP contribution in [-0.2, 0) is 0 Å². The minimum atomic E-state index is 0.500. The van der Waals surface area contributed by atoms with Crippen molar-refractivity contribution in [2.24, 2.45) is 4.99 Å². The van der Waals surface area contributed by atoms with Crippen LogP contribution in [0.3, 0.4) is 0 Å². The van der Waals surface area contributed by atoms with Crippen LogP contribution in [0.4, 0.5) is 11.4 Å². The van der Waals surface area contributed by atoms with Gasteiger partial charge in [0.2, 0.25) is 5.96 Å². The number of nitrogens with one attached hydrogen (secondary N) is 1. The first-order valence-corrected chi connectivity index (χ1v) is 7.33. The minimum Gasteiger partial charge on any atom is -0.349 e. The van der Waals surface area contributed by atoms with Gasteiger partial charge in [0.1, 0.15) is 5.69 Å². The smallest absolute Gasteiger partial charge is 0.203 e. The molecule has 0 spiro atoms. The molecule has 0 aliphatic heterocycles. The van der Waals surface area contributed by atoms with E-state index in [1.54, 1.807) is 30.3 Å². The fraction of sp³-hybridized carbons (Fsp3) is 0.133. The van der Waals surface area contributed by atoms with Gasteiger partial charge in [-0.05, 0) is 36.4 Å². The highest BCUT2D eigenvalue weighted by Crippen LogP contribution is 2.33. The third-order valence-electron chi connectivity index (χ3n) is 2.68. The lowest BCUT2D eigenvalue weighted by atomic mass is 10.3. The lowest BCUT2D eigenvalue weighted by molar-refractivity contribution is 0.621. The fourth-order valence-corrected chi connectivity index (χ4v) is 2.21. The number of halogens is 3. The largest absolute Gasteiger partial charge is 0.349 e. The standard InChI is InChI=1S/C15H14Cl3N3/c1-21(2)15(19-11-8-6-10(16)7-9-11)20-14-12(17)4-3-5-13(14)18/h3-9H,1-2H3,(H,19,20). The molecule has 0 saturated carbocycles. The second kappa shape index (κ2) is 7.03. The van der Waals surface area contributed by atoms with Crippen molar-refractivity contribution in [2.75, 3.05) is 19.4 Å². The summed E-state index contributed by atoms with van der Waals surface area (Å²) in [6.45, 7) is 0. The molecule has 2 aromatic rings. The number of nitrogens with zero attached hydrogens (tertiary/aromatic N) is 2. The molecule has 2 rings (SSSR count). The summed E-state index contributed by atoms with van der Waals surface area (Å²) in [6.07, 6.45) is 0. The number of para-hydroxylation sites is 1. The van der Waals surface area contributed by atoms with Gasteiger partial charge in [0.15, 0.2) is 0 Å². The summed E-state index contributed by atoms with van der Waals surface area (Å²) in [5, 5.41) is 4.89. The summed E-state index contributed by atoms with van der Waals surface area (Å²) in [4.78, 5) is 6.35. The Bertz CT molecular complexity index is 631. The summed E-state index contributed by atoms with van der Waals surface area (Å²) in [7, 11) is 3.76. The molecule has 0 bridgehead atoms. The van der Waals surface area contributed by atoms with E-state index in [-0.39, 0.29) is 0 Å². The van der Waals surface area contributed by atoms with Gasteiger partial charge < -0.3 is 10.2 Å². The van der Waals surface area contributed by atoms with Gasteiger partial charge in [-0.25, -0.2) is 4.99 Å². The number of anilines is 1. The molecule has 2 aromatic carbocycles. The predicted octanol–water partition coefficient (Wildman–Crippen LogP) is 5.31. The van der Waals surface area contributed by atoms with E-state index in [0.717, 1.165) is 5.69 Å². The fourth-order valence-electron chi connectivity index (χ4n) is 1.60. The molecule has 6 heteroatoms. The molecule has 0 radical (unpaired) electrons. The van der Waals surface area contributed by atoms with Crippen LogP contribution in [0, 0.1) is 0 Å². The Morgan fingerprint density at radius 1 is 0.952 bits per heavy atom. The maximum atomic E-state index is 6.15. The Hall–Kier alpha value is -1.42. The maximum absolute atomic E-state index is 6.15. The van der Waals surface area contributed by atoms with E-state index in [2.05, 4.69) is 10.3 Å². The second-order valence-corrected chi connectivity index (χ2v) is 5.78. The summed E-state index contributed by atoms with van der Waals surface area (Å²) < 4.78 is 0. The van der Waals surface area contributed by atoms with E-state index >= 15 is 0 Å². The van der Waals surface area contributed by atoms with E-state index in [1.165, 1.54) is 0 Å². The number of hydrogen-bond donors (Lipinski definition) is 1. The highest BCUT2D eigenvalue weighted by molar-refractivity contribution is 6.39. The maximum Gasteiger partial charge on any atom is 0.203 e. The summed E-state index contributed by atoms with van der Waals surface area (Å²) in [5.74, 6) is 0.618. The number of aliphatic imine (C=N–C) groups is 1. The van der Waals surface area contributed by atoms with Crippen molar-refractivity contribution >= 4 is 52.1 Å². The predicted molar refractivity (Wildman–Crippen MR) is 92.3 cm³/mol. The van der Waals surface area contributed by atoms with Gasteiger partial charge >= 0.3 is 0 Å². The quantitative estimate of drug-likeness (QED) is 0.592. The summed E-state index contributed by atoms with van der Waals surface area (Å²) in [6, 6.07) is 12.6. The molecule has 21 heavy (non-hydrogen) atoms. The zero-order valence-corrected chi connectivity index (χ0v) is 13.8. The van der Waals surface area contributed by atoms with Crippen LogP contribution < -0.4 is 5.32 Å². The van der Waals surface area contributed by atoms with Crippen LogP contribution >= 0.6 is 34.8 Å². The number of guanidine groups is 1. The third kappa shape index (κ3) is 4.27. The number of benzene rings is 2. The number of rotatable bonds is 2. The SMILES string of the molecule is CN(C)C(=Nc1c(Cl)cccc1Cl)Nc1ccc(Cl)cc1. The molecule has 0 aliphatic carbocycles. The molecular weight excluding hydrogens is 329 g/mol. The van der Waals surface area contributed by atoms with Gasteiger partial charge in [0.25, 0.3) is 0 Å². The number of hydrogen-bond acceptors (Lipinski definition) is 1. The van der Waals surface area contributed by atoms with Crippen molar-refractivity contribution in [1.29, 1.82) is 0 Å². The molecule has 0 aromatic heterocycles. The van der Waals surface area contributed by atoms with Crippen molar-refractivity contribution in [3.8, 4) is 0 Å². The Labute approximate surface area is 139 Å². The van der Waals surface area contributed by atoms with Crippen molar-refractivity contribution in [2.45, 2.75) is 0 Å². The Morgan fingerprint density at radius 2 is 1.52 bits per heavy atom. The van der Waals surface area contributed by atoms with E-state index in [0.29, 0.717) is 26.7 Å². The average Bonchev–Trinajstić information content (AvgIpc) is 2.43. The van der Waals surface area contributed by atoms with Gasteiger partial charge in [-0.1, -0.05) is 40.9 Å². The first-order chi connectivity index (χ1) is 9.97. The molecule has 0 fully saturated rings. The van der Waals surface area contributed by atoms with Crippen molar-refractivity contribution in [3.05, 3.63) is 57.5 Å². The lowest BCUT2D eigenvalue weighted by Gasteiger charge is -2.18. The van der Waals surface area contributed by atoms with Crippen molar-refractivity contribution in [1.82, 2.24) is 4.90 Å². The topological polar surface area (TPSA) is 27.6 Å². The molecule has 110 valence electrons. The molecule has 1 N–H and O–H groups in total. The highest BCUT2D eigenvalue weighted by Gasteiger charge is 2.08. The van der Waals surface area contributed by atoms with Crippen LogP contribution in [0.25, 0.3) is 0 Å². The van der Waals surface area contributed by atoms with Crippen LogP contribution in [0.1, 0.15) is 0 Å². The van der Waals surface area contributed by atoms with Crippen molar-refractivity contribution < 1.29 is 0 Å². The Kier molecular flexibility index (Phi) is 5.34. The molecule has 0 amide bonds. The van der Waals surface area contributed by atoms with E-state index in [1.807, 2.05) is 31.1 Å². The van der Waals surface area contributed by atoms with Gasteiger partial charge in [-0.2, -0.15) is 0 Å². The average molecular weight is 343 g/mol. The molecule has 0 aliphatic rings. The summed E-state index contributed by atoms with van der Waals surface area (Å²) >= 11 is 18.2.